The summed E-state index contributed by atoms with van der Waals surface area (Å²) in [5.41, 5.74) is 0. The molecule has 0 unspecified atom stereocenters. The van der Waals surface area contributed by atoms with Gasteiger partial charge >= 0.3 is 0 Å². The van der Waals surface area contributed by atoms with Gasteiger partial charge in [-0.15, -0.1) is 0 Å². The Morgan fingerprint density at radius 1 is 1.21 bits per heavy atom. The number of aliphatic hydroxyl groups is 1. The largest absolute Gasteiger partial charge is 0.395 e. The molecule has 0 aromatic carbocycles. The first kappa shape index (κ1) is 12.0. The van der Waals surface area contributed by atoms with E-state index in [9.17, 15) is 0 Å². The van der Waals surface area contributed by atoms with E-state index in [4.69, 9.17) is 5.11 Å². The minimum absolute atomic E-state index is 0.307. The van der Waals surface area contributed by atoms with Crippen molar-refractivity contribution in [1.82, 2.24) is 4.90 Å². The lowest BCUT2D eigenvalue weighted by Crippen LogP contribution is -2.37. The molecule has 0 atom stereocenters. The zero-order chi connectivity index (χ0) is 10.4. The molecule has 0 saturated heterocycles. The Morgan fingerprint density at radius 2 is 1.86 bits per heavy atom. The maximum atomic E-state index is 9.02. The lowest BCUT2D eigenvalue weighted by Gasteiger charge is -2.29. The third-order valence-corrected chi connectivity index (χ3v) is 3.37. The lowest BCUT2D eigenvalue weighted by atomic mass is 10.1. The second-order valence-corrected chi connectivity index (χ2v) is 4.46. The molecular weight excluding hydrogens is 174 g/mol. The highest BCUT2D eigenvalue weighted by Gasteiger charge is 2.23. The SMILES string of the molecule is CCC(CC)N(CCO)CCC1CC1. The molecule has 1 N–H and O–H groups in total. The monoisotopic (exact) mass is 199 g/mol. The van der Waals surface area contributed by atoms with Crippen molar-refractivity contribution in [3.8, 4) is 0 Å². The number of aliphatic hydroxyl groups excluding tert-OH is 1. The van der Waals surface area contributed by atoms with Crippen molar-refractivity contribution in [2.45, 2.75) is 52.0 Å². The van der Waals surface area contributed by atoms with Gasteiger partial charge in [-0.1, -0.05) is 26.7 Å². The van der Waals surface area contributed by atoms with Gasteiger partial charge < -0.3 is 5.11 Å². The van der Waals surface area contributed by atoms with E-state index in [0.29, 0.717) is 12.6 Å². The normalized spacial score (nSPS) is 16.9. The van der Waals surface area contributed by atoms with Crippen molar-refractivity contribution in [2.75, 3.05) is 19.7 Å². The summed E-state index contributed by atoms with van der Waals surface area (Å²) in [6.45, 7) is 6.85. The topological polar surface area (TPSA) is 23.5 Å². The maximum absolute atomic E-state index is 9.02. The van der Waals surface area contributed by atoms with Crippen LogP contribution in [0.4, 0.5) is 0 Å². The number of hydrogen-bond acceptors (Lipinski definition) is 2. The van der Waals surface area contributed by atoms with Crippen LogP contribution in [-0.2, 0) is 0 Å². The van der Waals surface area contributed by atoms with E-state index in [0.717, 1.165) is 12.5 Å². The third kappa shape index (κ3) is 3.97. The van der Waals surface area contributed by atoms with Gasteiger partial charge in [-0.2, -0.15) is 0 Å². The van der Waals surface area contributed by atoms with E-state index < -0.39 is 0 Å². The van der Waals surface area contributed by atoms with Crippen molar-refractivity contribution in [3.63, 3.8) is 0 Å². The third-order valence-electron chi connectivity index (χ3n) is 3.37. The molecular formula is C12H25NO. The molecule has 0 amide bonds. The van der Waals surface area contributed by atoms with E-state index in [-0.39, 0.29) is 0 Å². The fourth-order valence-electron chi connectivity index (χ4n) is 2.17. The molecule has 1 aliphatic carbocycles. The van der Waals surface area contributed by atoms with Crippen molar-refractivity contribution in [2.24, 2.45) is 5.92 Å². The molecule has 1 rings (SSSR count). The van der Waals surface area contributed by atoms with E-state index in [1.807, 2.05) is 0 Å². The Kier molecular flexibility index (Phi) is 5.49. The summed E-state index contributed by atoms with van der Waals surface area (Å²) in [4.78, 5) is 2.47. The molecule has 1 fully saturated rings. The molecule has 0 spiro atoms. The van der Waals surface area contributed by atoms with Crippen molar-refractivity contribution < 1.29 is 5.11 Å². The fourth-order valence-corrected chi connectivity index (χ4v) is 2.17. The van der Waals surface area contributed by atoms with Gasteiger partial charge in [-0.3, -0.25) is 4.90 Å². The standard InChI is InChI=1S/C12H25NO/c1-3-12(4-2)13(9-10-14)8-7-11-5-6-11/h11-12,14H,3-10H2,1-2H3. The molecule has 2 nitrogen and oxygen atoms in total. The molecule has 0 aromatic rings. The van der Waals surface area contributed by atoms with Gasteiger partial charge in [0.15, 0.2) is 0 Å². The summed E-state index contributed by atoms with van der Waals surface area (Å²) >= 11 is 0. The molecule has 14 heavy (non-hydrogen) atoms. The first-order valence-corrected chi connectivity index (χ1v) is 6.16. The molecule has 84 valence electrons. The molecule has 0 aliphatic heterocycles. The first-order valence-electron chi connectivity index (χ1n) is 6.16. The Bertz CT molecular complexity index is 141. The van der Waals surface area contributed by atoms with Gasteiger partial charge in [-0.25, -0.2) is 0 Å². The smallest absolute Gasteiger partial charge is 0.0558 e. The predicted octanol–water partition coefficient (Wildman–Crippen LogP) is 2.27. The highest BCUT2D eigenvalue weighted by molar-refractivity contribution is 4.77. The van der Waals surface area contributed by atoms with Gasteiger partial charge in [0.1, 0.15) is 0 Å². The van der Waals surface area contributed by atoms with Crippen LogP contribution in [-0.4, -0.2) is 35.7 Å². The Hall–Kier alpha value is -0.0800. The zero-order valence-corrected chi connectivity index (χ0v) is 9.71. The summed E-state index contributed by atoms with van der Waals surface area (Å²) in [5, 5.41) is 9.02. The van der Waals surface area contributed by atoms with Gasteiger partial charge in [0.25, 0.3) is 0 Å². The summed E-state index contributed by atoms with van der Waals surface area (Å²) < 4.78 is 0. The van der Waals surface area contributed by atoms with Crippen LogP contribution in [0, 0.1) is 5.92 Å². The van der Waals surface area contributed by atoms with Crippen LogP contribution < -0.4 is 0 Å². The van der Waals surface area contributed by atoms with E-state index in [2.05, 4.69) is 18.7 Å². The predicted molar refractivity (Wildman–Crippen MR) is 60.4 cm³/mol. The molecule has 0 radical (unpaired) electrons. The van der Waals surface area contributed by atoms with Gasteiger partial charge in [0, 0.05) is 12.6 Å². The minimum Gasteiger partial charge on any atom is -0.395 e. The Balaban J connectivity index is 2.26. The van der Waals surface area contributed by atoms with Crippen LogP contribution in [0.5, 0.6) is 0 Å². The summed E-state index contributed by atoms with van der Waals surface area (Å²) in [5.74, 6) is 1.01. The van der Waals surface area contributed by atoms with Crippen LogP contribution in [0.2, 0.25) is 0 Å². The molecule has 1 aliphatic rings. The average molecular weight is 199 g/mol. The lowest BCUT2D eigenvalue weighted by molar-refractivity contribution is 0.140. The summed E-state index contributed by atoms with van der Waals surface area (Å²) in [6.07, 6.45) is 6.64. The van der Waals surface area contributed by atoms with Crippen LogP contribution in [0.3, 0.4) is 0 Å². The van der Waals surface area contributed by atoms with Crippen LogP contribution in [0.15, 0.2) is 0 Å². The van der Waals surface area contributed by atoms with Gasteiger partial charge in [-0.05, 0) is 31.7 Å². The fraction of sp³-hybridized carbons (Fsp3) is 1.00. The summed E-state index contributed by atoms with van der Waals surface area (Å²) in [6, 6.07) is 0.681. The van der Waals surface area contributed by atoms with Crippen molar-refractivity contribution >= 4 is 0 Å². The average Bonchev–Trinajstić information content (AvgIpc) is 2.99. The quantitative estimate of drug-likeness (QED) is 0.648. The second-order valence-electron chi connectivity index (χ2n) is 4.46. The maximum Gasteiger partial charge on any atom is 0.0558 e. The second kappa shape index (κ2) is 6.41. The number of rotatable bonds is 8. The van der Waals surface area contributed by atoms with Gasteiger partial charge in [0.2, 0.25) is 0 Å². The highest BCUT2D eigenvalue weighted by Crippen LogP contribution is 2.32. The Labute approximate surface area is 88.3 Å². The van der Waals surface area contributed by atoms with E-state index >= 15 is 0 Å². The van der Waals surface area contributed by atoms with Crippen molar-refractivity contribution in [1.29, 1.82) is 0 Å². The first-order chi connectivity index (χ1) is 6.81. The molecule has 2 heteroatoms. The Morgan fingerprint density at radius 3 is 2.29 bits per heavy atom. The van der Waals surface area contributed by atoms with E-state index in [1.54, 1.807) is 0 Å². The molecule has 1 saturated carbocycles. The van der Waals surface area contributed by atoms with Gasteiger partial charge in [0.05, 0.1) is 6.61 Å². The minimum atomic E-state index is 0.307. The van der Waals surface area contributed by atoms with Crippen LogP contribution in [0.25, 0.3) is 0 Å². The van der Waals surface area contributed by atoms with Crippen LogP contribution >= 0.6 is 0 Å². The zero-order valence-electron chi connectivity index (χ0n) is 9.71. The molecule has 0 bridgehead atoms. The van der Waals surface area contributed by atoms with Crippen molar-refractivity contribution in [3.05, 3.63) is 0 Å². The van der Waals surface area contributed by atoms with Crippen LogP contribution in [0.1, 0.15) is 46.0 Å². The number of hydrogen-bond donors (Lipinski definition) is 1. The molecule has 0 heterocycles. The highest BCUT2D eigenvalue weighted by atomic mass is 16.3. The summed E-state index contributed by atoms with van der Waals surface area (Å²) in [7, 11) is 0. The number of nitrogens with zero attached hydrogens (tertiary/aromatic N) is 1. The van der Waals surface area contributed by atoms with E-state index in [1.165, 1.54) is 38.6 Å². The molecule has 0 aromatic heterocycles.